The molecule has 2 rings (SSSR count). The van der Waals surface area contributed by atoms with Gasteiger partial charge in [-0.05, 0) is 31.0 Å². The second-order valence-corrected chi connectivity index (χ2v) is 4.76. The third kappa shape index (κ3) is 2.20. The first-order chi connectivity index (χ1) is 8.05. The highest BCUT2D eigenvalue weighted by molar-refractivity contribution is 5.80. The van der Waals surface area contributed by atoms with Gasteiger partial charge in [0.25, 0.3) is 0 Å². The molecule has 1 aliphatic rings. The molecule has 1 unspecified atom stereocenters. The Labute approximate surface area is 102 Å². The van der Waals surface area contributed by atoms with Gasteiger partial charge in [0.05, 0.1) is 19.2 Å². The van der Waals surface area contributed by atoms with Crippen LogP contribution in [0.25, 0.3) is 0 Å². The Morgan fingerprint density at radius 1 is 1.41 bits per heavy atom. The molecular weight excluding hydrogens is 214 g/mol. The Bertz CT molecular complexity index is 427. The van der Waals surface area contributed by atoms with E-state index in [0.717, 1.165) is 18.7 Å². The fourth-order valence-corrected chi connectivity index (χ4v) is 2.10. The summed E-state index contributed by atoms with van der Waals surface area (Å²) in [4.78, 5) is 6.35. The molecule has 4 heteroatoms. The fourth-order valence-electron chi connectivity index (χ4n) is 2.10. The zero-order chi connectivity index (χ0) is 12.5. The molecule has 0 aliphatic carbocycles. The second kappa shape index (κ2) is 4.28. The summed E-state index contributed by atoms with van der Waals surface area (Å²) < 4.78 is 5.15. The summed E-state index contributed by atoms with van der Waals surface area (Å²) in [5.41, 5.74) is 7.06. The molecule has 92 valence electrons. The summed E-state index contributed by atoms with van der Waals surface area (Å²) >= 11 is 0. The van der Waals surface area contributed by atoms with E-state index in [1.54, 1.807) is 7.11 Å². The molecule has 0 spiro atoms. The average Bonchev–Trinajstić information content (AvgIpc) is 2.59. The van der Waals surface area contributed by atoms with E-state index in [1.807, 2.05) is 19.2 Å². The van der Waals surface area contributed by atoms with Gasteiger partial charge in [-0.2, -0.15) is 0 Å². The molecule has 17 heavy (non-hydrogen) atoms. The number of methoxy groups -OCH3 is 1. The third-order valence-electron chi connectivity index (χ3n) is 3.48. The Balaban J connectivity index is 2.10. The summed E-state index contributed by atoms with van der Waals surface area (Å²) in [6.07, 6.45) is 0.928. The number of hydrogen-bond acceptors (Lipinski definition) is 4. The van der Waals surface area contributed by atoms with E-state index in [4.69, 9.17) is 10.5 Å². The SMILES string of the molecule is COc1ccc(CC2(C)CN=C(N)N2C)cc1. The monoisotopic (exact) mass is 233 g/mol. The van der Waals surface area contributed by atoms with Crippen LogP contribution >= 0.6 is 0 Å². The van der Waals surface area contributed by atoms with Gasteiger partial charge in [-0.15, -0.1) is 0 Å². The average molecular weight is 233 g/mol. The molecule has 0 saturated heterocycles. The van der Waals surface area contributed by atoms with Gasteiger partial charge in [0.2, 0.25) is 0 Å². The van der Waals surface area contributed by atoms with Gasteiger partial charge in [-0.1, -0.05) is 12.1 Å². The number of nitrogens with zero attached hydrogens (tertiary/aromatic N) is 2. The van der Waals surface area contributed by atoms with Crippen molar-refractivity contribution in [2.24, 2.45) is 10.7 Å². The van der Waals surface area contributed by atoms with Gasteiger partial charge in [0.1, 0.15) is 5.75 Å². The minimum atomic E-state index is -0.0152. The smallest absolute Gasteiger partial charge is 0.191 e. The number of guanidine groups is 1. The largest absolute Gasteiger partial charge is 0.497 e. The Morgan fingerprint density at radius 3 is 2.53 bits per heavy atom. The van der Waals surface area contributed by atoms with Gasteiger partial charge >= 0.3 is 0 Å². The lowest BCUT2D eigenvalue weighted by atomic mass is 9.92. The van der Waals surface area contributed by atoms with Crippen LogP contribution in [-0.4, -0.2) is 37.1 Å². The number of nitrogens with two attached hydrogens (primary N) is 1. The van der Waals surface area contributed by atoms with Crippen molar-refractivity contribution in [3.8, 4) is 5.75 Å². The van der Waals surface area contributed by atoms with Gasteiger partial charge in [-0.3, -0.25) is 4.99 Å². The van der Waals surface area contributed by atoms with Crippen LogP contribution in [0.2, 0.25) is 0 Å². The van der Waals surface area contributed by atoms with Crippen LogP contribution in [-0.2, 0) is 6.42 Å². The summed E-state index contributed by atoms with van der Waals surface area (Å²) in [5.74, 6) is 1.51. The van der Waals surface area contributed by atoms with Gasteiger partial charge < -0.3 is 15.4 Å². The molecule has 2 N–H and O–H groups in total. The Kier molecular flexibility index (Phi) is 2.96. The summed E-state index contributed by atoms with van der Waals surface area (Å²) in [6, 6.07) is 8.15. The number of rotatable bonds is 3. The first-order valence-corrected chi connectivity index (χ1v) is 5.72. The first-order valence-electron chi connectivity index (χ1n) is 5.72. The van der Waals surface area contributed by atoms with Crippen molar-refractivity contribution in [2.45, 2.75) is 18.9 Å². The van der Waals surface area contributed by atoms with Crippen molar-refractivity contribution in [3.63, 3.8) is 0 Å². The van der Waals surface area contributed by atoms with E-state index >= 15 is 0 Å². The first kappa shape index (κ1) is 11.8. The second-order valence-electron chi connectivity index (χ2n) is 4.76. The standard InChI is InChI=1S/C13H19N3O/c1-13(9-15-12(14)16(13)2)8-10-4-6-11(17-3)7-5-10/h4-7H,8-9H2,1-3H3,(H2,14,15). The van der Waals surface area contributed by atoms with E-state index in [-0.39, 0.29) is 5.54 Å². The normalized spacial score (nSPS) is 23.7. The maximum atomic E-state index is 5.81. The summed E-state index contributed by atoms with van der Waals surface area (Å²) in [5, 5.41) is 0. The van der Waals surface area contributed by atoms with Crippen LogP contribution in [0, 0.1) is 0 Å². The van der Waals surface area contributed by atoms with Gasteiger partial charge in [0.15, 0.2) is 5.96 Å². The molecule has 0 amide bonds. The highest BCUT2D eigenvalue weighted by Gasteiger charge is 2.35. The van der Waals surface area contributed by atoms with Crippen LogP contribution < -0.4 is 10.5 Å². The van der Waals surface area contributed by atoms with Crippen LogP contribution in [0.4, 0.5) is 0 Å². The molecule has 1 heterocycles. The molecule has 1 aliphatic heterocycles. The molecule has 4 nitrogen and oxygen atoms in total. The lowest BCUT2D eigenvalue weighted by Gasteiger charge is -2.33. The molecule has 0 aromatic heterocycles. The summed E-state index contributed by atoms with van der Waals surface area (Å²) in [6.45, 7) is 2.93. The zero-order valence-corrected chi connectivity index (χ0v) is 10.6. The predicted octanol–water partition coefficient (Wildman–Crippen LogP) is 1.26. The molecule has 0 saturated carbocycles. The Morgan fingerprint density at radius 2 is 2.06 bits per heavy atom. The Hall–Kier alpha value is -1.71. The van der Waals surface area contributed by atoms with Crippen LogP contribution in [0.3, 0.4) is 0 Å². The quantitative estimate of drug-likeness (QED) is 0.855. The van der Waals surface area contributed by atoms with Crippen molar-refractivity contribution < 1.29 is 4.74 Å². The van der Waals surface area contributed by atoms with E-state index in [0.29, 0.717) is 5.96 Å². The molecule has 0 radical (unpaired) electrons. The lowest BCUT2D eigenvalue weighted by Crippen LogP contribution is -2.48. The highest BCUT2D eigenvalue weighted by Crippen LogP contribution is 2.25. The van der Waals surface area contributed by atoms with Crippen LogP contribution in [0.5, 0.6) is 5.75 Å². The molecule has 0 bridgehead atoms. The molecule has 1 aromatic rings. The number of benzene rings is 1. The molecule has 0 fully saturated rings. The number of likely N-dealkylation sites (N-methyl/N-ethyl adjacent to an activating group) is 1. The number of ether oxygens (including phenoxy) is 1. The molecule has 1 atom stereocenters. The summed E-state index contributed by atoms with van der Waals surface area (Å²) in [7, 11) is 3.67. The van der Waals surface area contributed by atoms with Crippen LogP contribution in [0.15, 0.2) is 29.3 Å². The van der Waals surface area contributed by atoms with Crippen molar-refractivity contribution in [3.05, 3.63) is 29.8 Å². The van der Waals surface area contributed by atoms with Crippen molar-refractivity contribution in [1.29, 1.82) is 0 Å². The maximum Gasteiger partial charge on any atom is 0.191 e. The maximum absolute atomic E-state index is 5.81. The van der Waals surface area contributed by atoms with Crippen molar-refractivity contribution >= 4 is 5.96 Å². The van der Waals surface area contributed by atoms with E-state index in [2.05, 4.69) is 28.9 Å². The molecule has 1 aromatic carbocycles. The minimum absolute atomic E-state index is 0.0152. The minimum Gasteiger partial charge on any atom is -0.497 e. The van der Waals surface area contributed by atoms with Gasteiger partial charge in [0, 0.05) is 7.05 Å². The van der Waals surface area contributed by atoms with Crippen molar-refractivity contribution in [2.75, 3.05) is 20.7 Å². The third-order valence-corrected chi connectivity index (χ3v) is 3.48. The van der Waals surface area contributed by atoms with Gasteiger partial charge in [-0.25, -0.2) is 0 Å². The number of hydrogen-bond donors (Lipinski definition) is 1. The zero-order valence-electron chi connectivity index (χ0n) is 10.6. The number of aliphatic imine (C=N–C) groups is 1. The lowest BCUT2D eigenvalue weighted by molar-refractivity contribution is 0.260. The molecular formula is C13H19N3O. The highest BCUT2D eigenvalue weighted by atomic mass is 16.5. The van der Waals surface area contributed by atoms with E-state index in [9.17, 15) is 0 Å². The fraction of sp³-hybridized carbons (Fsp3) is 0.462. The van der Waals surface area contributed by atoms with Crippen LogP contribution in [0.1, 0.15) is 12.5 Å². The van der Waals surface area contributed by atoms with Crippen molar-refractivity contribution in [1.82, 2.24) is 4.90 Å². The predicted molar refractivity (Wildman–Crippen MR) is 69.4 cm³/mol. The van der Waals surface area contributed by atoms with E-state index < -0.39 is 0 Å². The topological polar surface area (TPSA) is 50.9 Å². The van der Waals surface area contributed by atoms with E-state index in [1.165, 1.54) is 5.56 Å².